The van der Waals surface area contributed by atoms with Crippen molar-refractivity contribution in [2.24, 2.45) is 5.73 Å². The molecule has 0 amide bonds. The fraction of sp³-hybridized carbons (Fsp3) is 0.143. The molecule has 0 fully saturated rings. The molecule has 0 saturated carbocycles. The van der Waals surface area contributed by atoms with E-state index in [0.717, 1.165) is 5.56 Å². The number of imidazole rings is 1. The van der Waals surface area contributed by atoms with Crippen LogP contribution in [0.1, 0.15) is 11.5 Å². The van der Waals surface area contributed by atoms with E-state index in [2.05, 4.69) is 15.0 Å². The molecule has 2 aromatic heterocycles. The quantitative estimate of drug-likeness (QED) is 0.489. The van der Waals surface area contributed by atoms with Crippen molar-refractivity contribution in [2.45, 2.75) is 12.5 Å². The molecule has 0 aliphatic rings. The Balaban J connectivity index is 1.99. The zero-order valence-electron chi connectivity index (χ0n) is 11.3. The lowest BCUT2D eigenvalue weighted by atomic mass is 9.98. The molecule has 5 N–H and O–H groups in total. The lowest BCUT2D eigenvalue weighted by Crippen LogP contribution is -2.24. The number of hydrogen-bond acceptors (Lipinski definition) is 5. The zero-order valence-corrected chi connectivity index (χ0v) is 11.3. The summed E-state index contributed by atoms with van der Waals surface area (Å²) >= 11 is 0. The summed E-state index contributed by atoms with van der Waals surface area (Å²) in [4.78, 5) is 12.3. The highest BCUT2D eigenvalue weighted by Gasteiger charge is 2.17. The third-order valence-electron chi connectivity index (χ3n) is 3.39. The zero-order chi connectivity index (χ0) is 14.8. The number of aromatic nitrogens is 4. The Bertz CT molecular complexity index is 778. The third-order valence-corrected chi connectivity index (χ3v) is 3.39. The Kier molecular flexibility index (Phi) is 3.23. The number of rotatable bonds is 4. The fourth-order valence-electron chi connectivity index (χ4n) is 2.30. The summed E-state index contributed by atoms with van der Waals surface area (Å²) in [5.41, 5.74) is 13.7. The smallest absolute Gasteiger partial charge is 0.165 e. The van der Waals surface area contributed by atoms with Crippen LogP contribution in [0.3, 0.4) is 0 Å². The topological polar surface area (TPSA) is 119 Å². The number of nitrogen functional groups attached to an aromatic ring is 1. The molecule has 7 nitrogen and oxygen atoms in total. The van der Waals surface area contributed by atoms with Crippen LogP contribution in [-0.4, -0.2) is 25.4 Å². The van der Waals surface area contributed by atoms with Crippen molar-refractivity contribution in [3.05, 3.63) is 48.5 Å². The maximum atomic E-state index is 7.83. The molecule has 1 atom stereocenters. The molecule has 7 heteroatoms. The molecular weight excluding hydrogens is 266 g/mol. The fourth-order valence-corrected chi connectivity index (χ4v) is 2.30. The highest BCUT2D eigenvalue weighted by atomic mass is 15.1. The maximum absolute atomic E-state index is 7.83. The van der Waals surface area contributed by atoms with Gasteiger partial charge in [-0.2, -0.15) is 0 Å². The first-order valence-electron chi connectivity index (χ1n) is 6.47. The molecule has 0 spiro atoms. The number of nitrogens with two attached hydrogens (primary N) is 2. The van der Waals surface area contributed by atoms with Gasteiger partial charge in [-0.1, -0.05) is 30.3 Å². The van der Waals surface area contributed by atoms with Gasteiger partial charge in [-0.3, -0.25) is 5.41 Å². The minimum atomic E-state index is -0.236. The Labute approximate surface area is 121 Å². The van der Waals surface area contributed by atoms with E-state index >= 15 is 0 Å². The van der Waals surface area contributed by atoms with E-state index in [0.29, 0.717) is 23.5 Å². The Hall–Kier alpha value is -2.96. The van der Waals surface area contributed by atoms with E-state index in [-0.39, 0.29) is 11.8 Å². The second kappa shape index (κ2) is 5.20. The van der Waals surface area contributed by atoms with Crippen LogP contribution in [0.5, 0.6) is 0 Å². The summed E-state index contributed by atoms with van der Waals surface area (Å²) in [6.07, 6.45) is 3.05. The number of nitrogens with zero attached hydrogens (tertiary/aromatic N) is 4. The lowest BCUT2D eigenvalue weighted by molar-refractivity contribution is 0.665. The van der Waals surface area contributed by atoms with Crippen LogP contribution >= 0.6 is 0 Å². The van der Waals surface area contributed by atoms with Crippen molar-refractivity contribution < 1.29 is 0 Å². The van der Waals surface area contributed by atoms with Crippen molar-refractivity contribution in [3.8, 4) is 0 Å². The van der Waals surface area contributed by atoms with Gasteiger partial charge in [0.25, 0.3) is 0 Å². The van der Waals surface area contributed by atoms with Crippen LogP contribution in [0.2, 0.25) is 0 Å². The van der Waals surface area contributed by atoms with Gasteiger partial charge >= 0.3 is 0 Å². The van der Waals surface area contributed by atoms with Crippen LogP contribution < -0.4 is 11.5 Å². The van der Waals surface area contributed by atoms with Crippen molar-refractivity contribution >= 4 is 22.8 Å². The second-order valence-electron chi connectivity index (χ2n) is 4.75. The van der Waals surface area contributed by atoms with Gasteiger partial charge in [0.15, 0.2) is 11.5 Å². The van der Waals surface area contributed by atoms with Gasteiger partial charge in [-0.25, -0.2) is 15.0 Å². The van der Waals surface area contributed by atoms with E-state index in [1.54, 1.807) is 6.33 Å². The van der Waals surface area contributed by atoms with E-state index in [4.69, 9.17) is 16.9 Å². The van der Waals surface area contributed by atoms with Crippen molar-refractivity contribution in [1.29, 1.82) is 5.41 Å². The minimum absolute atomic E-state index is 0.102. The maximum Gasteiger partial charge on any atom is 0.165 e. The number of hydrogen-bond donors (Lipinski definition) is 3. The number of amidine groups is 1. The summed E-state index contributed by atoms with van der Waals surface area (Å²) in [6.45, 7) is 0.478. The minimum Gasteiger partial charge on any atom is -0.387 e. The molecule has 3 rings (SSSR count). The van der Waals surface area contributed by atoms with E-state index < -0.39 is 0 Å². The first-order chi connectivity index (χ1) is 10.2. The number of fused-ring (bicyclic) bond motifs is 1. The number of benzene rings is 1. The second-order valence-corrected chi connectivity index (χ2v) is 4.75. The molecule has 2 heterocycles. The summed E-state index contributed by atoms with van der Waals surface area (Å²) in [7, 11) is 0. The van der Waals surface area contributed by atoms with Gasteiger partial charge in [0.05, 0.1) is 18.1 Å². The molecule has 0 aliphatic carbocycles. The third kappa shape index (κ3) is 2.40. The number of anilines is 1. The van der Waals surface area contributed by atoms with Crippen LogP contribution in [0.15, 0.2) is 43.0 Å². The molecule has 1 unspecified atom stereocenters. The average Bonchev–Trinajstić information content (AvgIpc) is 2.90. The standard InChI is InChI=1S/C14H15N7/c15-12(16)10(9-4-2-1-3-5-9)6-21-8-20-11-13(17)18-7-19-14(11)21/h1-5,7-8,10H,6H2,(H3,15,16)(H2,17,18,19). The molecule has 0 saturated heterocycles. The summed E-state index contributed by atoms with van der Waals surface area (Å²) in [5.74, 6) is 0.211. The van der Waals surface area contributed by atoms with Crippen LogP contribution in [0.4, 0.5) is 5.82 Å². The van der Waals surface area contributed by atoms with Gasteiger partial charge < -0.3 is 16.0 Å². The molecule has 0 bridgehead atoms. The molecule has 3 aromatic rings. The van der Waals surface area contributed by atoms with Crippen molar-refractivity contribution in [3.63, 3.8) is 0 Å². The van der Waals surface area contributed by atoms with Crippen molar-refractivity contribution in [1.82, 2.24) is 19.5 Å². The highest BCUT2D eigenvalue weighted by Crippen LogP contribution is 2.21. The predicted octanol–water partition coefficient (Wildman–Crippen LogP) is 1.13. The lowest BCUT2D eigenvalue weighted by Gasteiger charge is -2.16. The van der Waals surface area contributed by atoms with E-state index in [1.165, 1.54) is 6.33 Å². The molecule has 0 aliphatic heterocycles. The van der Waals surface area contributed by atoms with Crippen LogP contribution in [-0.2, 0) is 6.54 Å². The summed E-state index contributed by atoms with van der Waals surface area (Å²) in [6, 6.07) is 9.69. The average molecular weight is 281 g/mol. The summed E-state index contributed by atoms with van der Waals surface area (Å²) < 4.78 is 1.84. The van der Waals surface area contributed by atoms with Gasteiger partial charge in [-0.05, 0) is 5.56 Å². The highest BCUT2D eigenvalue weighted by molar-refractivity contribution is 5.85. The monoisotopic (exact) mass is 281 g/mol. The Morgan fingerprint density at radius 2 is 1.95 bits per heavy atom. The molecule has 0 radical (unpaired) electrons. The van der Waals surface area contributed by atoms with E-state index in [1.807, 2.05) is 34.9 Å². The predicted molar refractivity (Wildman–Crippen MR) is 80.8 cm³/mol. The first kappa shape index (κ1) is 13.0. The van der Waals surface area contributed by atoms with Gasteiger partial charge in [0, 0.05) is 6.54 Å². The van der Waals surface area contributed by atoms with Crippen LogP contribution in [0.25, 0.3) is 11.2 Å². The van der Waals surface area contributed by atoms with Gasteiger partial charge in [-0.15, -0.1) is 0 Å². The number of nitrogens with one attached hydrogen (secondary N) is 1. The molecule has 106 valence electrons. The molecule has 1 aromatic carbocycles. The van der Waals surface area contributed by atoms with Crippen molar-refractivity contribution in [2.75, 3.05) is 5.73 Å². The molecule has 21 heavy (non-hydrogen) atoms. The molecular formula is C14H15N7. The summed E-state index contributed by atoms with van der Waals surface area (Å²) in [5, 5.41) is 7.83. The van der Waals surface area contributed by atoms with E-state index in [9.17, 15) is 0 Å². The largest absolute Gasteiger partial charge is 0.387 e. The Morgan fingerprint density at radius 3 is 2.67 bits per heavy atom. The van der Waals surface area contributed by atoms with Gasteiger partial charge in [0.2, 0.25) is 0 Å². The van der Waals surface area contributed by atoms with Crippen LogP contribution in [0, 0.1) is 5.41 Å². The SMILES string of the molecule is N=C(N)C(Cn1cnc2c(N)ncnc21)c1ccccc1. The first-order valence-corrected chi connectivity index (χ1v) is 6.47. The Morgan fingerprint density at radius 1 is 1.19 bits per heavy atom. The normalized spacial score (nSPS) is 12.4. The van der Waals surface area contributed by atoms with Gasteiger partial charge in [0.1, 0.15) is 11.8 Å².